The van der Waals surface area contributed by atoms with Gasteiger partial charge in [-0.25, -0.2) is 0 Å². The monoisotopic (exact) mass is 398 g/mol. The van der Waals surface area contributed by atoms with E-state index in [1.54, 1.807) is 11.8 Å². The van der Waals surface area contributed by atoms with Crippen LogP contribution in [0.15, 0.2) is 59.5 Å². The number of nitrogens with one attached hydrogen (secondary N) is 1. The average Bonchev–Trinajstić information content (AvgIpc) is 2.70. The normalized spacial score (nSPS) is 11.9. The van der Waals surface area contributed by atoms with Crippen molar-refractivity contribution in [2.24, 2.45) is 5.92 Å². The molecule has 0 fully saturated rings. The molecule has 0 saturated carbocycles. The maximum Gasteiger partial charge on any atom is 0.242 e. The Morgan fingerprint density at radius 1 is 1.00 bits per heavy atom. The van der Waals surface area contributed by atoms with E-state index in [-0.39, 0.29) is 11.8 Å². The van der Waals surface area contributed by atoms with Crippen molar-refractivity contribution in [1.82, 2.24) is 10.2 Å². The lowest BCUT2D eigenvalue weighted by atomic mass is 10.1. The zero-order chi connectivity index (χ0) is 20.5. The lowest BCUT2D eigenvalue weighted by molar-refractivity contribution is -0.138. The predicted molar refractivity (Wildman–Crippen MR) is 116 cm³/mol. The van der Waals surface area contributed by atoms with E-state index >= 15 is 0 Å². The largest absolute Gasteiger partial charge is 0.354 e. The van der Waals surface area contributed by atoms with Crippen molar-refractivity contribution >= 4 is 23.6 Å². The second kappa shape index (κ2) is 10.9. The van der Waals surface area contributed by atoms with E-state index in [4.69, 9.17) is 0 Å². The van der Waals surface area contributed by atoms with Crippen LogP contribution in [0.2, 0.25) is 0 Å². The minimum Gasteiger partial charge on any atom is -0.354 e. The van der Waals surface area contributed by atoms with Gasteiger partial charge in [-0.15, -0.1) is 11.8 Å². The lowest BCUT2D eigenvalue weighted by Gasteiger charge is -2.29. The number of carbonyl (C=O) groups excluding carboxylic acids is 2. The zero-order valence-corrected chi connectivity index (χ0v) is 18.0. The van der Waals surface area contributed by atoms with E-state index in [2.05, 4.69) is 19.2 Å². The first-order valence-corrected chi connectivity index (χ1v) is 10.7. The number of aryl methyl sites for hydroxylation is 1. The first-order chi connectivity index (χ1) is 13.4. The molecule has 0 aliphatic rings. The molecular formula is C23H30N2O2S. The SMILES string of the molecule is Cc1ccc(CN(C(=O)CSc2ccccc2)[C@@H](C)C(=O)NCC(C)C)cc1. The van der Waals surface area contributed by atoms with Crippen molar-refractivity contribution in [3.63, 3.8) is 0 Å². The first-order valence-electron chi connectivity index (χ1n) is 9.67. The summed E-state index contributed by atoms with van der Waals surface area (Å²) in [5.74, 6) is 0.518. The highest BCUT2D eigenvalue weighted by atomic mass is 32.2. The van der Waals surface area contributed by atoms with Gasteiger partial charge in [-0.05, 0) is 37.5 Å². The van der Waals surface area contributed by atoms with Crippen molar-refractivity contribution < 1.29 is 9.59 Å². The summed E-state index contributed by atoms with van der Waals surface area (Å²) in [5, 5.41) is 2.95. The smallest absolute Gasteiger partial charge is 0.242 e. The second-order valence-electron chi connectivity index (χ2n) is 7.42. The molecule has 0 saturated heterocycles. The first kappa shape index (κ1) is 22.0. The van der Waals surface area contributed by atoms with Gasteiger partial charge in [-0.1, -0.05) is 61.9 Å². The number of hydrogen-bond acceptors (Lipinski definition) is 3. The zero-order valence-electron chi connectivity index (χ0n) is 17.1. The Hall–Kier alpha value is -2.27. The number of amides is 2. The summed E-state index contributed by atoms with van der Waals surface area (Å²) in [7, 11) is 0. The third kappa shape index (κ3) is 7.04. The molecule has 0 aromatic heterocycles. The van der Waals surface area contributed by atoms with Crippen LogP contribution in [0, 0.1) is 12.8 Å². The van der Waals surface area contributed by atoms with Gasteiger partial charge < -0.3 is 10.2 Å². The van der Waals surface area contributed by atoms with Crippen LogP contribution in [0.3, 0.4) is 0 Å². The Labute approximate surface area is 172 Å². The van der Waals surface area contributed by atoms with Gasteiger partial charge in [-0.3, -0.25) is 9.59 Å². The highest BCUT2D eigenvalue weighted by Crippen LogP contribution is 2.19. The van der Waals surface area contributed by atoms with Gasteiger partial charge in [0, 0.05) is 18.0 Å². The van der Waals surface area contributed by atoms with Gasteiger partial charge in [-0.2, -0.15) is 0 Å². The summed E-state index contributed by atoms with van der Waals surface area (Å²) in [5.41, 5.74) is 2.19. The van der Waals surface area contributed by atoms with E-state index in [1.165, 1.54) is 17.3 Å². The van der Waals surface area contributed by atoms with Gasteiger partial charge in [0.15, 0.2) is 0 Å². The summed E-state index contributed by atoms with van der Waals surface area (Å²) in [6.45, 7) is 8.96. The van der Waals surface area contributed by atoms with Gasteiger partial charge in [0.2, 0.25) is 11.8 Å². The third-order valence-electron chi connectivity index (χ3n) is 4.43. The number of hydrogen-bond donors (Lipinski definition) is 1. The molecule has 0 radical (unpaired) electrons. The van der Waals surface area contributed by atoms with Crippen LogP contribution in [0.25, 0.3) is 0 Å². The minimum absolute atomic E-state index is 0.0402. The molecule has 0 bridgehead atoms. The Balaban J connectivity index is 2.10. The van der Waals surface area contributed by atoms with E-state index in [1.807, 2.05) is 61.5 Å². The quantitative estimate of drug-likeness (QED) is 0.642. The highest BCUT2D eigenvalue weighted by molar-refractivity contribution is 8.00. The molecule has 0 aliphatic heterocycles. The fraction of sp³-hybridized carbons (Fsp3) is 0.391. The predicted octanol–water partition coefficient (Wildman–Crippen LogP) is 4.28. The Morgan fingerprint density at radius 3 is 2.25 bits per heavy atom. The molecule has 2 aromatic carbocycles. The fourth-order valence-corrected chi connectivity index (χ4v) is 3.48. The molecule has 2 amide bonds. The number of nitrogens with zero attached hydrogens (tertiary/aromatic N) is 1. The van der Waals surface area contributed by atoms with Gasteiger partial charge in [0.25, 0.3) is 0 Å². The molecule has 1 N–H and O–H groups in total. The van der Waals surface area contributed by atoms with Crippen molar-refractivity contribution in [2.45, 2.75) is 45.2 Å². The Bertz CT molecular complexity index is 760. The van der Waals surface area contributed by atoms with Crippen LogP contribution >= 0.6 is 11.8 Å². The molecule has 28 heavy (non-hydrogen) atoms. The molecule has 0 spiro atoms. The van der Waals surface area contributed by atoms with E-state index in [0.29, 0.717) is 24.8 Å². The second-order valence-corrected chi connectivity index (χ2v) is 8.47. The minimum atomic E-state index is -0.524. The lowest BCUT2D eigenvalue weighted by Crippen LogP contribution is -2.48. The number of rotatable bonds is 9. The van der Waals surface area contributed by atoms with Crippen LogP contribution in [0.5, 0.6) is 0 Å². The number of thioether (sulfide) groups is 1. The van der Waals surface area contributed by atoms with Crippen LogP contribution < -0.4 is 5.32 Å². The topological polar surface area (TPSA) is 49.4 Å². The molecule has 0 heterocycles. The fourth-order valence-electron chi connectivity index (χ4n) is 2.67. The summed E-state index contributed by atoms with van der Waals surface area (Å²) < 4.78 is 0. The van der Waals surface area contributed by atoms with E-state index in [9.17, 15) is 9.59 Å². The van der Waals surface area contributed by atoms with Gasteiger partial charge in [0.05, 0.1) is 5.75 Å². The Kier molecular flexibility index (Phi) is 8.58. The third-order valence-corrected chi connectivity index (χ3v) is 5.43. The molecule has 4 nitrogen and oxygen atoms in total. The molecule has 5 heteroatoms. The van der Waals surface area contributed by atoms with Crippen LogP contribution in [0.4, 0.5) is 0 Å². The molecule has 2 rings (SSSR count). The summed E-state index contributed by atoms with van der Waals surface area (Å²) in [6, 6.07) is 17.4. The highest BCUT2D eigenvalue weighted by Gasteiger charge is 2.26. The standard InChI is InChI=1S/C23H30N2O2S/c1-17(2)14-24-23(27)19(4)25(15-20-12-10-18(3)11-13-20)22(26)16-28-21-8-6-5-7-9-21/h5-13,17,19H,14-16H2,1-4H3,(H,24,27)/t19-/m0/s1. The molecule has 0 aliphatic carbocycles. The average molecular weight is 399 g/mol. The molecule has 2 aromatic rings. The van der Waals surface area contributed by atoms with Gasteiger partial charge >= 0.3 is 0 Å². The van der Waals surface area contributed by atoms with Crippen LogP contribution in [-0.4, -0.2) is 35.1 Å². The summed E-state index contributed by atoms with van der Waals surface area (Å²) in [4.78, 5) is 28.3. The molecule has 150 valence electrons. The van der Waals surface area contributed by atoms with Crippen LogP contribution in [0.1, 0.15) is 31.9 Å². The number of benzene rings is 2. The molecule has 0 unspecified atom stereocenters. The molecular weight excluding hydrogens is 368 g/mol. The van der Waals surface area contributed by atoms with E-state index < -0.39 is 6.04 Å². The van der Waals surface area contributed by atoms with Crippen molar-refractivity contribution in [3.05, 3.63) is 65.7 Å². The molecule has 1 atom stereocenters. The Morgan fingerprint density at radius 2 is 1.64 bits per heavy atom. The van der Waals surface area contributed by atoms with Gasteiger partial charge in [0.1, 0.15) is 6.04 Å². The maximum absolute atomic E-state index is 13.0. The maximum atomic E-state index is 13.0. The van der Waals surface area contributed by atoms with Crippen molar-refractivity contribution in [2.75, 3.05) is 12.3 Å². The summed E-state index contributed by atoms with van der Waals surface area (Å²) in [6.07, 6.45) is 0. The van der Waals surface area contributed by atoms with Crippen molar-refractivity contribution in [3.8, 4) is 0 Å². The van der Waals surface area contributed by atoms with Crippen LogP contribution in [-0.2, 0) is 16.1 Å². The van der Waals surface area contributed by atoms with Crippen molar-refractivity contribution in [1.29, 1.82) is 0 Å². The number of carbonyl (C=O) groups is 2. The summed E-state index contributed by atoms with van der Waals surface area (Å²) >= 11 is 1.49. The van der Waals surface area contributed by atoms with E-state index in [0.717, 1.165) is 10.5 Å².